The molecule has 0 aliphatic carbocycles. The second kappa shape index (κ2) is 6.12. The molecule has 1 amide bonds. The van der Waals surface area contributed by atoms with Gasteiger partial charge in [0.1, 0.15) is 12.6 Å². The van der Waals surface area contributed by atoms with Crippen molar-refractivity contribution in [2.24, 2.45) is 0 Å². The smallest absolute Gasteiger partial charge is 0.407 e. The molecule has 118 valence electrons. The summed E-state index contributed by atoms with van der Waals surface area (Å²) in [6.45, 7) is 1.93. The molecule has 3 rings (SSSR count). The molecule has 2 atom stereocenters. The van der Waals surface area contributed by atoms with Crippen LogP contribution in [0.1, 0.15) is 22.8 Å². The molecule has 1 aliphatic rings. The first-order chi connectivity index (χ1) is 11.1. The minimum absolute atomic E-state index is 0.145. The van der Waals surface area contributed by atoms with Crippen molar-refractivity contribution in [2.45, 2.75) is 18.6 Å². The van der Waals surface area contributed by atoms with E-state index >= 15 is 0 Å². The number of nitrogens with one attached hydrogen (secondary N) is 1. The van der Waals surface area contributed by atoms with E-state index in [9.17, 15) is 9.59 Å². The third-order valence-corrected chi connectivity index (χ3v) is 4.00. The number of ether oxygens (including phenoxy) is 2. The largest absolute Gasteiger partial charge is 0.449 e. The molecule has 1 heterocycles. The summed E-state index contributed by atoms with van der Waals surface area (Å²) in [5.41, 5.74) is 0.223. The number of carbonyl (C=O) groups excluding carboxylic acids is 2. The van der Waals surface area contributed by atoms with Crippen molar-refractivity contribution in [1.82, 2.24) is 5.32 Å². The van der Waals surface area contributed by atoms with Gasteiger partial charge >= 0.3 is 12.1 Å². The summed E-state index contributed by atoms with van der Waals surface area (Å²) in [5.74, 6) is -0.446. The van der Waals surface area contributed by atoms with Gasteiger partial charge in [-0.3, -0.25) is 0 Å². The molecule has 1 aliphatic heterocycles. The number of amides is 1. The molecule has 0 spiro atoms. The number of cyclic esters (lactones) is 1. The van der Waals surface area contributed by atoms with Gasteiger partial charge in [-0.15, -0.1) is 0 Å². The van der Waals surface area contributed by atoms with Crippen LogP contribution in [0.4, 0.5) is 4.79 Å². The SMILES string of the molecule is C[C@](OC(=O)c1ccccc1)(c1ccccc1)[C@H]1COC(=O)N1. The van der Waals surface area contributed by atoms with Crippen LogP contribution in [0, 0.1) is 0 Å². The number of rotatable bonds is 4. The van der Waals surface area contributed by atoms with Gasteiger partial charge in [-0.2, -0.15) is 0 Å². The Morgan fingerprint density at radius 2 is 1.74 bits per heavy atom. The lowest BCUT2D eigenvalue weighted by molar-refractivity contribution is -0.0301. The zero-order chi connectivity index (χ0) is 16.3. The van der Waals surface area contributed by atoms with E-state index in [-0.39, 0.29) is 6.61 Å². The van der Waals surface area contributed by atoms with E-state index in [1.54, 1.807) is 31.2 Å². The van der Waals surface area contributed by atoms with Crippen LogP contribution in [0.25, 0.3) is 0 Å². The van der Waals surface area contributed by atoms with Crippen molar-refractivity contribution in [3.05, 3.63) is 71.8 Å². The van der Waals surface area contributed by atoms with Crippen molar-refractivity contribution < 1.29 is 19.1 Å². The van der Waals surface area contributed by atoms with Crippen LogP contribution in [0.5, 0.6) is 0 Å². The summed E-state index contributed by atoms with van der Waals surface area (Å²) < 4.78 is 10.8. The lowest BCUT2D eigenvalue weighted by Crippen LogP contribution is -2.48. The number of carbonyl (C=O) groups is 2. The Labute approximate surface area is 134 Å². The maximum absolute atomic E-state index is 12.5. The molecule has 0 radical (unpaired) electrons. The number of alkyl carbamates (subject to hydrolysis) is 1. The average Bonchev–Trinajstić information content (AvgIpc) is 3.03. The standard InChI is InChI=1S/C18H17NO4/c1-18(14-10-6-3-7-11-14,15-12-22-17(21)19-15)23-16(20)13-8-4-2-5-9-13/h2-11,15H,12H2,1H3,(H,19,21)/t15-,18+/m1/s1. The van der Waals surface area contributed by atoms with Crippen molar-refractivity contribution in [2.75, 3.05) is 6.61 Å². The zero-order valence-electron chi connectivity index (χ0n) is 12.7. The van der Waals surface area contributed by atoms with Gasteiger partial charge in [0.25, 0.3) is 0 Å². The summed E-state index contributed by atoms with van der Waals surface area (Å²) in [5, 5.41) is 2.71. The fourth-order valence-electron chi connectivity index (χ4n) is 2.61. The number of benzene rings is 2. The Hall–Kier alpha value is -2.82. The summed E-state index contributed by atoms with van der Waals surface area (Å²) in [6.07, 6.45) is -0.507. The number of hydrogen-bond donors (Lipinski definition) is 1. The minimum atomic E-state index is -1.03. The summed E-state index contributed by atoms with van der Waals surface area (Å²) >= 11 is 0. The van der Waals surface area contributed by atoms with Gasteiger partial charge in [-0.05, 0) is 24.6 Å². The fraction of sp³-hybridized carbons (Fsp3) is 0.222. The fourth-order valence-corrected chi connectivity index (χ4v) is 2.61. The maximum atomic E-state index is 12.5. The topological polar surface area (TPSA) is 64.6 Å². The van der Waals surface area contributed by atoms with E-state index in [0.29, 0.717) is 5.56 Å². The summed E-state index contributed by atoms with van der Waals surface area (Å²) in [4.78, 5) is 23.9. The number of esters is 1. The van der Waals surface area contributed by atoms with Crippen LogP contribution >= 0.6 is 0 Å². The molecule has 1 saturated heterocycles. The molecule has 2 aromatic rings. The van der Waals surface area contributed by atoms with Crippen molar-refractivity contribution in [3.63, 3.8) is 0 Å². The summed E-state index contributed by atoms with van der Waals surface area (Å²) in [6, 6.07) is 17.6. The average molecular weight is 311 g/mol. The van der Waals surface area contributed by atoms with Crippen LogP contribution in [-0.2, 0) is 15.1 Å². The number of hydrogen-bond acceptors (Lipinski definition) is 4. The van der Waals surface area contributed by atoms with Crippen LogP contribution in [0.15, 0.2) is 60.7 Å². The summed E-state index contributed by atoms with van der Waals surface area (Å²) in [7, 11) is 0. The van der Waals surface area contributed by atoms with E-state index in [0.717, 1.165) is 5.56 Å². The van der Waals surface area contributed by atoms with E-state index < -0.39 is 23.7 Å². The van der Waals surface area contributed by atoms with Gasteiger partial charge in [0, 0.05) is 0 Å². The van der Waals surface area contributed by atoms with E-state index in [4.69, 9.17) is 9.47 Å². The lowest BCUT2D eigenvalue weighted by atomic mass is 9.88. The molecule has 0 saturated carbocycles. The Kier molecular flexibility index (Phi) is 4.02. The van der Waals surface area contributed by atoms with Crippen molar-refractivity contribution >= 4 is 12.1 Å². The second-order valence-corrected chi connectivity index (χ2v) is 5.52. The molecule has 5 nitrogen and oxygen atoms in total. The highest BCUT2D eigenvalue weighted by atomic mass is 16.6. The first-order valence-corrected chi connectivity index (χ1v) is 7.37. The van der Waals surface area contributed by atoms with E-state index in [1.165, 1.54) is 0 Å². The molecule has 2 aromatic carbocycles. The maximum Gasteiger partial charge on any atom is 0.407 e. The normalized spacial score (nSPS) is 19.3. The van der Waals surface area contributed by atoms with Crippen molar-refractivity contribution in [3.8, 4) is 0 Å². The Bertz CT molecular complexity index is 701. The Morgan fingerprint density at radius 3 is 2.30 bits per heavy atom. The van der Waals surface area contributed by atoms with Gasteiger partial charge in [-0.25, -0.2) is 9.59 Å². The molecule has 0 unspecified atom stereocenters. The van der Waals surface area contributed by atoms with E-state index in [1.807, 2.05) is 36.4 Å². The highest BCUT2D eigenvalue weighted by molar-refractivity contribution is 5.89. The van der Waals surface area contributed by atoms with Gasteiger partial charge < -0.3 is 14.8 Å². The predicted molar refractivity (Wildman–Crippen MR) is 83.9 cm³/mol. The highest BCUT2D eigenvalue weighted by Gasteiger charge is 2.44. The van der Waals surface area contributed by atoms with Crippen molar-refractivity contribution in [1.29, 1.82) is 0 Å². The van der Waals surface area contributed by atoms with Crippen LogP contribution < -0.4 is 5.32 Å². The molecule has 0 aromatic heterocycles. The minimum Gasteiger partial charge on any atom is -0.449 e. The first kappa shape index (κ1) is 15.1. The molecule has 0 bridgehead atoms. The quantitative estimate of drug-likeness (QED) is 0.882. The van der Waals surface area contributed by atoms with Gasteiger partial charge in [-0.1, -0.05) is 48.5 Å². The van der Waals surface area contributed by atoms with Crippen LogP contribution in [0.3, 0.4) is 0 Å². The first-order valence-electron chi connectivity index (χ1n) is 7.37. The predicted octanol–water partition coefficient (Wildman–Crippen LogP) is 2.87. The second-order valence-electron chi connectivity index (χ2n) is 5.52. The van der Waals surface area contributed by atoms with Gasteiger partial charge in [0.05, 0.1) is 5.56 Å². The zero-order valence-corrected chi connectivity index (χ0v) is 12.7. The van der Waals surface area contributed by atoms with Gasteiger partial charge in [0.2, 0.25) is 0 Å². The molecular weight excluding hydrogens is 294 g/mol. The van der Waals surface area contributed by atoms with Crippen LogP contribution in [0.2, 0.25) is 0 Å². The Balaban J connectivity index is 1.92. The molecule has 1 N–H and O–H groups in total. The lowest BCUT2D eigenvalue weighted by Gasteiger charge is -2.34. The van der Waals surface area contributed by atoms with Crippen LogP contribution in [-0.4, -0.2) is 24.7 Å². The Morgan fingerprint density at radius 1 is 1.13 bits per heavy atom. The highest BCUT2D eigenvalue weighted by Crippen LogP contribution is 2.32. The van der Waals surface area contributed by atoms with Gasteiger partial charge in [0.15, 0.2) is 5.60 Å². The molecular formula is C18H17NO4. The monoisotopic (exact) mass is 311 g/mol. The molecule has 23 heavy (non-hydrogen) atoms. The third kappa shape index (κ3) is 3.04. The molecule has 5 heteroatoms. The third-order valence-electron chi connectivity index (χ3n) is 4.00. The molecule has 1 fully saturated rings. The van der Waals surface area contributed by atoms with E-state index in [2.05, 4.69) is 5.32 Å².